The fraction of sp³-hybridized carbons (Fsp3) is 0.500. The van der Waals surface area contributed by atoms with E-state index in [-0.39, 0.29) is 22.0 Å². The van der Waals surface area contributed by atoms with Crippen molar-refractivity contribution in [3.8, 4) is 0 Å². The molecule has 1 fully saturated rings. The van der Waals surface area contributed by atoms with E-state index in [2.05, 4.69) is 15.9 Å². The fourth-order valence-corrected chi connectivity index (χ4v) is 4.09. The summed E-state index contributed by atoms with van der Waals surface area (Å²) >= 11 is 5.01. The molecular formula is C14H16BrNO4S. The molecule has 0 N–H and O–H groups in total. The fourth-order valence-electron chi connectivity index (χ4n) is 2.11. The molecule has 0 unspecified atom stereocenters. The molecule has 0 bridgehead atoms. The van der Waals surface area contributed by atoms with Crippen LogP contribution in [0.3, 0.4) is 0 Å². The molecule has 1 aromatic rings. The lowest BCUT2D eigenvalue weighted by molar-refractivity contribution is -0.385. The Morgan fingerprint density at radius 2 is 2.19 bits per heavy atom. The second-order valence-electron chi connectivity index (χ2n) is 5.37. The summed E-state index contributed by atoms with van der Waals surface area (Å²) in [5, 5.41) is 10.9. The van der Waals surface area contributed by atoms with Gasteiger partial charge in [0.15, 0.2) is 0 Å². The molecule has 21 heavy (non-hydrogen) atoms. The number of thioether (sulfide) groups is 1. The largest absolute Gasteiger partial charge is 0.469 e. The lowest BCUT2D eigenvalue weighted by atomic mass is 10.1. The lowest BCUT2D eigenvalue weighted by Crippen LogP contribution is -2.13. The first-order chi connectivity index (χ1) is 9.87. The van der Waals surface area contributed by atoms with Gasteiger partial charge in [-0.15, -0.1) is 11.8 Å². The van der Waals surface area contributed by atoms with E-state index in [9.17, 15) is 14.9 Å². The van der Waals surface area contributed by atoms with E-state index in [4.69, 9.17) is 4.74 Å². The standard InChI is InChI=1S/C14H16BrNO4S/c1-9-5-12(10(15)6-11(9)16(18)19)21-8-14(3-4-14)7-13(17)20-2/h5-6H,3-4,7-8H2,1-2H3. The Morgan fingerprint density at radius 1 is 1.52 bits per heavy atom. The molecule has 1 aliphatic rings. The zero-order valence-electron chi connectivity index (χ0n) is 11.8. The number of benzene rings is 1. The molecule has 0 heterocycles. The molecule has 0 radical (unpaired) electrons. The molecule has 1 aromatic carbocycles. The van der Waals surface area contributed by atoms with Crippen LogP contribution in [0.2, 0.25) is 0 Å². The normalized spacial score (nSPS) is 15.6. The molecular weight excluding hydrogens is 358 g/mol. The average Bonchev–Trinajstić information content (AvgIpc) is 3.19. The molecule has 0 aliphatic heterocycles. The number of aryl methyl sites for hydroxylation is 1. The van der Waals surface area contributed by atoms with Gasteiger partial charge in [-0.05, 0) is 47.2 Å². The van der Waals surface area contributed by atoms with Crippen LogP contribution in [0.25, 0.3) is 0 Å². The number of nitro groups is 1. The number of methoxy groups -OCH3 is 1. The highest BCUT2D eigenvalue weighted by Gasteiger charge is 2.44. The molecule has 0 aromatic heterocycles. The van der Waals surface area contributed by atoms with Gasteiger partial charge in [0.2, 0.25) is 0 Å². The van der Waals surface area contributed by atoms with E-state index in [1.54, 1.807) is 18.7 Å². The third-order valence-corrected chi connectivity index (χ3v) is 6.01. The number of carbonyl (C=O) groups is 1. The van der Waals surface area contributed by atoms with Crippen molar-refractivity contribution in [1.82, 2.24) is 0 Å². The Balaban J connectivity index is 2.06. The summed E-state index contributed by atoms with van der Waals surface area (Å²) < 4.78 is 5.45. The monoisotopic (exact) mass is 373 g/mol. The molecule has 0 saturated heterocycles. The van der Waals surface area contributed by atoms with Gasteiger partial charge in [0, 0.05) is 26.8 Å². The van der Waals surface area contributed by atoms with Gasteiger partial charge in [0.1, 0.15) is 0 Å². The van der Waals surface area contributed by atoms with Gasteiger partial charge in [-0.25, -0.2) is 0 Å². The van der Waals surface area contributed by atoms with Gasteiger partial charge in [-0.2, -0.15) is 0 Å². The first-order valence-corrected chi connectivity index (χ1v) is 8.29. The second kappa shape index (κ2) is 6.36. The van der Waals surface area contributed by atoms with E-state index in [0.717, 1.165) is 28.0 Å². The summed E-state index contributed by atoms with van der Waals surface area (Å²) in [6.45, 7) is 1.73. The molecule has 1 saturated carbocycles. The maximum atomic E-state index is 11.4. The number of esters is 1. The number of rotatable bonds is 6. The summed E-state index contributed by atoms with van der Waals surface area (Å²) in [4.78, 5) is 22.9. The molecule has 0 spiro atoms. The number of hydrogen-bond donors (Lipinski definition) is 0. The van der Waals surface area contributed by atoms with Crippen molar-refractivity contribution in [2.75, 3.05) is 12.9 Å². The summed E-state index contributed by atoms with van der Waals surface area (Å²) in [5.41, 5.74) is 0.790. The predicted molar refractivity (Wildman–Crippen MR) is 84.6 cm³/mol. The van der Waals surface area contributed by atoms with Crippen LogP contribution in [0.15, 0.2) is 21.5 Å². The van der Waals surface area contributed by atoms with Crippen LogP contribution in [0.4, 0.5) is 5.69 Å². The number of nitrogens with zero attached hydrogens (tertiary/aromatic N) is 1. The minimum Gasteiger partial charge on any atom is -0.469 e. The van der Waals surface area contributed by atoms with Gasteiger partial charge in [-0.3, -0.25) is 14.9 Å². The summed E-state index contributed by atoms with van der Waals surface area (Å²) in [5.74, 6) is 0.643. The first-order valence-electron chi connectivity index (χ1n) is 6.51. The number of hydrogen-bond acceptors (Lipinski definition) is 5. The van der Waals surface area contributed by atoms with Crippen LogP contribution < -0.4 is 0 Å². The first kappa shape index (κ1) is 16.3. The molecule has 0 atom stereocenters. The van der Waals surface area contributed by atoms with Gasteiger partial charge in [0.25, 0.3) is 5.69 Å². The van der Waals surface area contributed by atoms with Crippen molar-refractivity contribution in [2.24, 2.45) is 5.41 Å². The van der Waals surface area contributed by atoms with Crippen LogP contribution in [-0.2, 0) is 9.53 Å². The highest BCUT2D eigenvalue weighted by molar-refractivity contribution is 9.10. The van der Waals surface area contributed by atoms with Crippen molar-refractivity contribution < 1.29 is 14.5 Å². The Bertz CT molecular complexity index is 587. The van der Waals surface area contributed by atoms with Crippen molar-refractivity contribution >= 4 is 39.3 Å². The SMILES string of the molecule is COC(=O)CC1(CSc2cc(C)c([N+](=O)[O-])cc2Br)CC1. The maximum absolute atomic E-state index is 11.4. The highest BCUT2D eigenvalue weighted by atomic mass is 79.9. The molecule has 5 nitrogen and oxygen atoms in total. The third-order valence-electron chi connectivity index (χ3n) is 3.69. The van der Waals surface area contributed by atoms with E-state index in [0.29, 0.717) is 12.0 Å². The van der Waals surface area contributed by atoms with Gasteiger partial charge >= 0.3 is 5.97 Å². The molecule has 7 heteroatoms. The lowest BCUT2D eigenvalue weighted by Gasteiger charge is -2.14. The number of ether oxygens (including phenoxy) is 1. The third kappa shape index (κ3) is 3.97. The number of nitro benzene ring substituents is 1. The zero-order chi connectivity index (χ0) is 15.6. The summed E-state index contributed by atoms with van der Waals surface area (Å²) in [6, 6.07) is 3.36. The van der Waals surface area contributed by atoms with E-state index in [1.807, 2.05) is 6.07 Å². The van der Waals surface area contributed by atoms with Crippen LogP contribution in [0.5, 0.6) is 0 Å². The van der Waals surface area contributed by atoms with E-state index < -0.39 is 0 Å². The summed E-state index contributed by atoms with van der Waals surface area (Å²) in [6.07, 6.45) is 2.50. The molecule has 1 aliphatic carbocycles. The van der Waals surface area contributed by atoms with Crippen molar-refractivity contribution in [1.29, 1.82) is 0 Å². The van der Waals surface area contributed by atoms with Gasteiger partial charge in [0.05, 0.1) is 18.5 Å². The van der Waals surface area contributed by atoms with E-state index in [1.165, 1.54) is 13.2 Å². The van der Waals surface area contributed by atoms with Crippen LogP contribution in [0.1, 0.15) is 24.8 Å². The molecule has 0 amide bonds. The Morgan fingerprint density at radius 3 is 2.71 bits per heavy atom. The predicted octanol–water partition coefficient (Wildman–Crippen LogP) is 4.10. The molecule has 114 valence electrons. The Labute approximate surface area is 135 Å². The van der Waals surface area contributed by atoms with Crippen molar-refractivity contribution in [3.05, 3.63) is 32.3 Å². The van der Waals surface area contributed by atoms with Crippen LogP contribution in [0, 0.1) is 22.5 Å². The zero-order valence-corrected chi connectivity index (χ0v) is 14.3. The van der Waals surface area contributed by atoms with Crippen LogP contribution >= 0.6 is 27.7 Å². The average molecular weight is 374 g/mol. The quantitative estimate of drug-likeness (QED) is 0.325. The minimum absolute atomic E-state index is 0.0346. The second-order valence-corrected chi connectivity index (χ2v) is 7.24. The Hall–Kier alpha value is -1.08. The van der Waals surface area contributed by atoms with Gasteiger partial charge in [-0.1, -0.05) is 0 Å². The highest BCUT2D eigenvalue weighted by Crippen LogP contribution is 2.52. The minimum atomic E-state index is -0.381. The Kier molecular flexibility index (Phi) is 4.93. The van der Waals surface area contributed by atoms with Crippen LogP contribution in [-0.4, -0.2) is 23.8 Å². The topological polar surface area (TPSA) is 69.4 Å². The van der Waals surface area contributed by atoms with Gasteiger partial charge < -0.3 is 4.74 Å². The molecule has 2 rings (SSSR count). The summed E-state index contributed by atoms with van der Waals surface area (Å²) in [7, 11) is 1.40. The smallest absolute Gasteiger partial charge is 0.306 e. The van der Waals surface area contributed by atoms with Crippen molar-refractivity contribution in [3.63, 3.8) is 0 Å². The maximum Gasteiger partial charge on any atom is 0.306 e. The van der Waals surface area contributed by atoms with Crippen molar-refractivity contribution in [2.45, 2.75) is 31.1 Å². The number of halogens is 1. The van der Waals surface area contributed by atoms with E-state index >= 15 is 0 Å². The number of carbonyl (C=O) groups excluding carboxylic acids is 1.